The number of hydrazone groups is 1. The Morgan fingerprint density at radius 1 is 1.22 bits per heavy atom. The number of nitro benzene ring substituents is 1. The van der Waals surface area contributed by atoms with E-state index in [1.54, 1.807) is 42.5 Å². The minimum absolute atomic E-state index is 0.0204. The molecule has 0 fully saturated rings. The number of amides is 1. The van der Waals surface area contributed by atoms with Crippen molar-refractivity contribution >= 4 is 39.8 Å². The minimum Gasteiger partial charge on any atom is -0.267 e. The van der Waals surface area contributed by atoms with E-state index in [0.717, 1.165) is 4.47 Å². The highest BCUT2D eigenvalue weighted by molar-refractivity contribution is 9.10. The quantitative estimate of drug-likeness (QED) is 0.491. The van der Waals surface area contributed by atoms with Crippen LogP contribution in [0.5, 0.6) is 0 Å². The molecule has 0 aromatic heterocycles. The van der Waals surface area contributed by atoms with E-state index in [0.29, 0.717) is 11.1 Å². The Kier molecular flexibility index (Phi) is 5.76. The van der Waals surface area contributed by atoms with Crippen molar-refractivity contribution in [3.63, 3.8) is 0 Å². The Bertz CT molecular complexity index is 788. The standard InChI is InChI=1S/C16H12BrN3O3/c17-14-7-2-6-13(11-14)16(21)19-18-9-3-5-12-4-1-8-15(10-12)20(22)23/h1-11H,(H,19,21). The summed E-state index contributed by atoms with van der Waals surface area (Å²) in [5, 5.41) is 14.5. The van der Waals surface area contributed by atoms with Crippen molar-refractivity contribution in [1.82, 2.24) is 5.43 Å². The molecule has 1 amide bonds. The lowest BCUT2D eigenvalue weighted by atomic mass is 10.2. The molecule has 7 heteroatoms. The number of rotatable bonds is 5. The number of nitrogens with zero attached hydrogens (tertiary/aromatic N) is 2. The van der Waals surface area contributed by atoms with E-state index >= 15 is 0 Å². The van der Waals surface area contributed by atoms with Crippen molar-refractivity contribution in [3.8, 4) is 0 Å². The predicted octanol–water partition coefficient (Wildman–Crippen LogP) is 3.79. The first kappa shape index (κ1) is 16.6. The van der Waals surface area contributed by atoms with Crippen molar-refractivity contribution in [1.29, 1.82) is 0 Å². The summed E-state index contributed by atoms with van der Waals surface area (Å²) in [7, 11) is 0. The summed E-state index contributed by atoms with van der Waals surface area (Å²) in [6, 6.07) is 13.1. The van der Waals surface area contributed by atoms with Crippen LogP contribution in [0.2, 0.25) is 0 Å². The second kappa shape index (κ2) is 8.00. The fraction of sp³-hybridized carbons (Fsp3) is 0. The molecule has 2 rings (SSSR count). The molecule has 1 N–H and O–H groups in total. The molecule has 0 aliphatic rings. The molecule has 0 saturated carbocycles. The first-order valence-electron chi connectivity index (χ1n) is 6.56. The van der Waals surface area contributed by atoms with Gasteiger partial charge in [-0.1, -0.05) is 40.2 Å². The van der Waals surface area contributed by atoms with Gasteiger partial charge in [-0.3, -0.25) is 14.9 Å². The molecular formula is C16H12BrN3O3. The van der Waals surface area contributed by atoms with Gasteiger partial charge in [0.1, 0.15) is 0 Å². The molecule has 2 aromatic carbocycles. The molecule has 0 aliphatic heterocycles. The van der Waals surface area contributed by atoms with E-state index < -0.39 is 4.92 Å². The largest absolute Gasteiger partial charge is 0.271 e. The van der Waals surface area contributed by atoms with Gasteiger partial charge in [-0.05, 0) is 29.8 Å². The Morgan fingerprint density at radius 2 is 2.00 bits per heavy atom. The van der Waals surface area contributed by atoms with E-state index in [1.165, 1.54) is 18.3 Å². The second-order valence-corrected chi connectivity index (χ2v) is 5.36. The summed E-state index contributed by atoms with van der Waals surface area (Å²) >= 11 is 3.29. The van der Waals surface area contributed by atoms with Crippen LogP contribution in [0.4, 0.5) is 5.69 Å². The molecule has 0 bridgehead atoms. The predicted molar refractivity (Wildman–Crippen MR) is 92.2 cm³/mol. The monoisotopic (exact) mass is 373 g/mol. The number of nitrogens with one attached hydrogen (secondary N) is 1. The molecule has 0 heterocycles. The third-order valence-electron chi connectivity index (χ3n) is 2.78. The Balaban J connectivity index is 1.93. The number of nitro groups is 1. The van der Waals surface area contributed by atoms with Crippen LogP contribution in [0.25, 0.3) is 6.08 Å². The molecule has 0 unspecified atom stereocenters. The second-order valence-electron chi connectivity index (χ2n) is 4.44. The first-order valence-corrected chi connectivity index (χ1v) is 7.35. The van der Waals surface area contributed by atoms with Crippen LogP contribution in [0.1, 0.15) is 15.9 Å². The van der Waals surface area contributed by atoms with Crippen molar-refractivity contribution in [2.45, 2.75) is 0 Å². The molecule has 116 valence electrons. The van der Waals surface area contributed by atoms with Crippen LogP contribution in [-0.2, 0) is 0 Å². The third-order valence-corrected chi connectivity index (χ3v) is 3.28. The number of hydrogen-bond acceptors (Lipinski definition) is 4. The lowest BCUT2D eigenvalue weighted by molar-refractivity contribution is -0.384. The third kappa shape index (κ3) is 5.15. The van der Waals surface area contributed by atoms with Crippen LogP contribution in [0, 0.1) is 10.1 Å². The van der Waals surface area contributed by atoms with Crippen molar-refractivity contribution in [2.75, 3.05) is 0 Å². The number of carbonyl (C=O) groups excluding carboxylic acids is 1. The fourth-order valence-corrected chi connectivity index (χ4v) is 2.13. The maximum atomic E-state index is 11.8. The van der Waals surface area contributed by atoms with Crippen LogP contribution in [0.3, 0.4) is 0 Å². The van der Waals surface area contributed by atoms with Crippen molar-refractivity contribution in [3.05, 3.63) is 80.3 Å². The van der Waals surface area contributed by atoms with Crippen molar-refractivity contribution in [2.24, 2.45) is 5.10 Å². The van der Waals surface area contributed by atoms with Crippen LogP contribution in [0.15, 0.2) is 64.2 Å². The molecule has 6 nitrogen and oxygen atoms in total. The molecular weight excluding hydrogens is 362 g/mol. The smallest absolute Gasteiger partial charge is 0.267 e. The zero-order valence-corrected chi connectivity index (χ0v) is 13.4. The number of carbonyl (C=O) groups is 1. The van der Waals surface area contributed by atoms with Gasteiger partial charge < -0.3 is 0 Å². The van der Waals surface area contributed by atoms with E-state index in [-0.39, 0.29) is 11.6 Å². The SMILES string of the molecule is O=C(NN=CC=Cc1cccc([N+](=O)[O-])c1)c1cccc(Br)c1. The van der Waals surface area contributed by atoms with Gasteiger partial charge in [-0.2, -0.15) is 5.10 Å². The fourth-order valence-electron chi connectivity index (χ4n) is 1.73. The number of non-ortho nitro benzene ring substituents is 1. The van der Waals surface area contributed by atoms with E-state index in [2.05, 4.69) is 26.5 Å². The topological polar surface area (TPSA) is 84.6 Å². The highest BCUT2D eigenvalue weighted by Gasteiger charge is 2.04. The summed E-state index contributed by atoms with van der Waals surface area (Å²) < 4.78 is 0.805. The van der Waals surface area contributed by atoms with Gasteiger partial charge in [0.2, 0.25) is 0 Å². The summed E-state index contributed by atoms with van der Waals surface area (Å²) in [6.45, 7) is 0. The molecule has 0 atom stereocenters. The number of benzene rings is 2. The number of allylic oxidation sites excluding steroid dienone is 1. The lowest BCUT2D eigenvalue weighted by Gasteiger charge is -1.99. The van der Waals surface area contributed by atoms with Crippen LogP contribution >= 0.6 is 15.9 Å². The van der Waals surface area contributed by atoms with E-state index in [1.807, 2.05) is 6.07 Å². The molecule has 0 aliphatic carbocycles. The molecule has 0 spiro atoms. The first-order chi connectivity index (χ1) is 11.1. The Morgan fingerprint density at radius 3 is 2.74 bits per heavy atom. The lowest BCUT2D eigenvalue weighted by Crippen LogP contribution is -2.17. The highest BCUT2D eigenvalue weighted by Crippen LogP contribution is 2.14. The van der Waals surface area contributed by atoms with E-state index in [4.69, 9.17) is 0 Å². The van der Waals surface area contributed by atoms with Crippen LogP contribution < -0.4 is 5.43 Å². The zero-order valence-electron chi connectivity index (χ0n) is 11.8. The summed E-state index contributed by atoms with van der Waals surface area (Å²) in [6.07, 6.45) is 4.64. The van der Waals surface area contributed by atoms with E-state index in [9.17, 15) is 14.9 Å². The van der Waals surface area contributed by atoms with Gasteiger partial charge in [0.25, 0.3) is 11.6 Å². The maximum absolute atomic E-state index is 11.8. The van der Waals surface area contributed by atoms with Crippen molar-refractivity contribution < 1.29 is 9.72 Å². The van der Waals surface area contributed by atoms with Gasteiger partial charge in [0, 0.05) is 28.4 Å². The maximum Gasteiger partial charge on any atom is 0.271 e. The Labute approximate surface area is 140 Å². The Hall–Kier alpha value is -2.80. The minimum atomic E-state index is -0.455. The molecule has 0 saturated heterocycles. The molecule has 23 heavy (non-hydrogen) atoms. The normalized spacial score (nSPS) is 11.0. The molecule has 2 aromatic rings. The highest BCUT2D eigenvalue weighted by atomic mass is 79.9. The van der Waals surface area contributed by atoms with Crippen LogP contribution in [-0.4, -0.2) is 17.0 Å². The average Bonchev–Trinajstić information content (AvgIpc) is 2.54. The van der Waals surface area contributed by atoms with Gasteiger partial charge in [0.05, 0.1) is 4.92 Å². The van der Waals surface area contributed by atoms with Gasteiger partial charge >= 0.3 is 0 Å². The van der Waals surface area contributed by atoms with Gasteiger partial charge in [0.15, 0.2) is 0 Å². The van der Waals surface area contributed by atoms with Gasteiger partial charge in [-0.25, -0.2) is 5.43 Å². The number of halogens is 1. The van der Waals surface area contributed by atoms with Gasteiger partial charge in [-0.15, -0.1) is 0 Å². The summed E-state index contributed by atoms with van der Waals surface area (Å²) in [5.74, 6) is -0.328. The number of hydrogen-bond donors (Lipinski definition) is 1. The average molecular weight is 374 g/mol. The zero-order chi connectivity index (χ0) is 16.7. The summed E-state index contributed by atoms with van der Waals surface area (Å²) in [4.78, 5) is 22.0. The summed E-state index contributed by atoms with van der Waals surface area (Å²) in [5.41, 5.74) is 3.57. The molecule has 0 radical (unpaired) electrons.